The Morgan fingerprint density at radius 1 is 1.12 bits per heavy atom. The molecule has 130 valence electrons. The predicted octanol–water partition coefficient (Wildman–Crippen LogP) is 4.48. The van der Waals surface area contributed by atoms with Crippen LogP contribution >= 0.6 is 0 Å². The van der Waals surface area contributed by atoms with Gasteiger partial charge in [0.1, 0.15) is 0 Å². The maximum Gasteiger partial charge on any atom is 0.0570 e. The van der Waals surface area contributed by atoms with Crippen LogP contribution in [0.1, 0.15) is 41.1 Å². The summed E-state index contributed by atoms with van der Waals surface area (Å²) in [6.45, 7) is 6.23. The van der Waals surface area contributed by atoms with Gasteiger partial charge in [0.2, 0.25) is 0 Å². The van der Waals surface area contributed by atoms with Gasteiger partial charge in [-0.1, -0.05) is 36.4 Å². The number of likely N-dealkylation sites (tertiary alicyclic amines) is 1. The minimum absolute atomic E-state index is 0.201. The molecular formula is C22H26N2O. The van der Waals surface area contributed by atoms with Crippen molar-refractivity contribution in [2.45, 2.75) is 45.4 Å². The maximum absolute atomic E-state index is 10.2. The number of rotatable bonds is 3. The summed E-state index contributed by atoms with van der Waals surface area (Å²) < 4.78 is 0. The molecule has 0 saturated carbocycles. The molecule has 0 unspecified atom stereocenters. The molecule has 4 rings (SSSR count). The zero-order chi connectivity index (χ0) is 17.4. The van der Waals surface area contributed by atoms with E-state index in [-0.39, 0.29) is 12.1 Å². The molecule has 1 aliphatic heterocycles. The van der Waals surface area contributed by atoms with Crippen molar-refractivity contribution in [3.05, 3.63) is 70.9 Å². The molecule has 3 nitrogen and oxygen atoms in total. The summed E-state index contributed by atoms with van der Waals surface area (Å²) in [7, 11) is 0. The molecule has 3 aromatic rings. The predicted molar refractivity (Wildman–Crippen MR) is 103 cm³/mol. The van der Waals surface area contributed by atoms with Gasteiger partial charge in [0, 0.05) is 36.2 Å². The summed E-state index contributed by atoms with van der Waals surface area (Å²) >= 11 is 0. The molecule has 1 saturated heterocycles. The van der Waals surface area contributed by atoms with Crippen molar-refractivity contribution in [1.82, 2.24) is 9.88 Å². The Kier molecular flexibility index (Phi) is 4.36. The average molecular weight is 334 g/mol. The Morgan fingerprint density at radius 2 is 1.92 bits per heavy atom. The molecule has 1 fully saturated rings. The fourth-order valence-electron chi connectivity index (χ4n) is 4.26. The number of nitrogens with one attached hydrogen (secondary N) is 1. The molecule has 2 atom stereocenters. The Bertz CT molecular complexity index is 868. The largest absolute Gasteiger partial charge is 0.393 e. The van der Waals surface area contributed by atoms with E-state index in [1.54, 1.807) is 0 Å². The normalized spacial score (nSPS) is 21.7. The second kappa shape index (κ2) is 6.66. The number of aromatic nitrogens is 1. The van der Waals surface area contributed by atoms with Gasteiger partial charge in [0.15, 0.2) is 0 Å². The summed E-state index contributed by atoms with van der Waals surface area (Å²) in [5.41, 5.74) is 6.60. The van der Waals surface area contributed by atoms with Gasteiger partial charge < -0.3 is 10.1 Å². The molecule has 25 heavy (non-hydrogen) atoms. The van der Waals surface area contributed by atoms with Crippen LogP contribution in [0.25, 0.3) is 10.9 Å². The van der Waals surface area contributed by atoms with Crippen molar-refractivity contribution in [1.29, 1.82) is 0 Å². The number of fused-ring (bicyclic) bond motifs is 1. The third-order valence-electron chi connectivity index (χ3n) is 5.61. The van der Waals surface area contributed by atoms with Gasteiger partial charge in [0.05, 0.1) is 6.10 Å². The van der Waals surface area contributed by atoms with Crippen LogP contribution < -0.4 is 0 Å². The first kappa shape index (κ1) is 16.4. The summed E-state index contributed by atoms with van der Waals surface area (Å²) in [4.78, 5) is 5.92. The quantitative estimate of drug-likeness (QED) is 0.741. The third kappa shape index (κ3) is 3.10. The van der Waals surface area contributed by atoms with E-state index in [2.05, 4.69) is 66.2 Å². The Morgan fingerprint density at radius 3 is 2.72 bits per heavy atom. The highest BCUT2D eigenvalue weighted by Crippen LogP contribution is 2.34. The van der Waals surface area contributed by atoms with Crippen LogP contribution in [0.4, 0.5) is 0 Å². The van der Waals surface area contributed by atoms with Crippen molar-refractivity contribution < 1.29 is 5.11 Å². The number of aliphatic hydroxyl groups excluding tert-OH is 1. The van der Waals surface area contributed by atoms with E-state index in [0.717, 1.165) is 25.9 Å². The SMILES string of the molecule is Cc1cc(C)c2[nH]ccc2c1CN1CC[C@H](O)C[C@@H]1c1ccccc1. The molecule has 3 heteroatoms. The molecule has 0 spiro atoms. The van der Waals surface area contributed by atoms with Crippen molar-refractivity contribution in [3.63, 3.8) is 0 Å². The zero-order valence-corrected chi connectivity index (χ0v) is 15.0. The minimum Gasteiger partial charge on any atom is -0.393 e. The number of hydrogen-bond donors (Lipinski definition) is 2. The van der Waals surface area contributed by atoms with Crippen molar-refractivity contribution >= 4 is 10.9 Å². The first-order chi connectivity index (χ1) is 12.1. The maximum atomic E-state index is 10.2. The highest BCUT2D eigenvalue weighted by atomic mass is 16.3. The molecule has 0 bridgehead atoms. The van der Waals surface area contributed by atoms with Gasteiger partial charge in [-0.05, 0) is 55.0 Å². The number of aryl methyl sites for hydroxylation is 2. The molecule has 1 aliphatic rings. The topological polar surface area (TPSA) is 39.3 Å². The summed E-state index contributed by atoms with van der Waals surface area (Å²) in [6, 6.07) is 15.4. The van der Waals surface area contributed by atoms with Crippen LogP contribution in [-0.4, -0.2) is 27.6 Å². The number of benzene rings is 2. The standard InChI is InChI=1S/C22H26N2O/c1-15-12-16(2)22-19(8-10-23-22)20(15)14-24-11-9-18(25)13-21(24)17-6-4-3-5-7-17/h3-8,10,12,18,21,23,25H,9,11,13-14H2,1-2H3/t18-,21+/m0/s1. The minimum atomic E-state index is -0.201. The van der Waals surface area contributed by atoms with Crippen LogP contribution in [0.2, 0.25) is 0 Å². The second-order valence-electron chi connectivity index (χ2n) is 7.33. The Hall–Kier alpha value is -2.10. The van der Waals surface area contributed by atoms with Gasteiger partial charge >= 0.3 is 0 Å². The fourth-order valence-corrected chi connectivity index (χ4v) is 4.26. The Balaban J connectivity index is 1.70. The van der Waals surface area contributed by atoms with E-state index >= 15 is 0 Å². The molecule has 0 amide bonds. The number of H-pyrrole nitrogens is 1. The summed E-state index contributed by atoms with van der Waals surface area (Å²) in [5, 5.41) is 11.6. The average Bonchev–Trinajstić information content (AvgIpc) is 3.10. The molecule has 2 heterocycles. The van der Waals surface area contributed by atoms with Crippen LogP contribution in [0.15, 0.2) is 48.7 Å². The van der Waals surface area contributed by atoms with Crippen molar-refractivity contribution in [2.24, 2.45) is 0 Å². The van der Waals surface area contributed by atoms with Crippen molar-refractivity contribution in [2.75, 3.05) is 6.54 Å². The van der Waals surface area contributed by atoms with Gasteiger partial charge in [-0.25, -0.2) is 0 Å². The highest BCUT2D eigenvalue weighted by molar-refractivity contribution is 5.86. The van der Waals surface area contributed by atoms with Crippen molar-refractivity contribution in [3.8, 4) is 0 Å². The lowest BCUT2D eigenvalue weighted by molar-refractivity contribution is 0.0365. The van der Waals surface area contributed by atoms with E-state index in [1.165, 1.54) is 33.2 Å². The monoisotopic (exact) mass is 334 g/mol. The van der Waals surface area contributed by atoms with E-state index in [0.29, 0.717) is 0 Å². The van der Waals surface area contributed by atoms with Gasteiger partial charge in [-0.3, -0.25) is 4.90 Å². The number of aromatic amines is 1. The number of hydrogen-bond acceptors (Lipinski definition) is 2. The number of aliphatic hydroxyl groups is 1. The first-order valence-corrected chi connectivity index (χ1v) is 9.16. The molecular weight excluding hydrogens is 308 g/mol. The van der Waals surface area contributed by atoms with Crippen LogP contribution in [0, 0.1) is 13.8 Å². The molecule has 1 aromatic heterocycles. The lowest BCUT2D eigenvalue weighted by atomic mass is 9.91. The lowest BCUT2D eigenvalue weighted by Crippen LogP contribution is -2.38. The number of nitrogens with zero attached hydrogens (tertiary/aromatic N) is 1. The zero-order valence-electron chi connectivity index (χ0n) is 15.0. The summed E-state index contributed by atoms with van der Waals surface area (Å²) in [5.74, 6) is 0. The fraction of sp³-hybridized carbons (Fsp3) is 0.364. The molecule has 2 N–H and O–H groups in total. The van der Waals surface area contributed by atoms with Gasteiger partial charge in [-0.15, -0.1) is 0 Å². The number of piperidine rings is 1. The van der Waals surface area contributed by atoms with Crippen LogP contribution in [-0.2, 0) is 6.54 Å². The smallest absolute Gasteiger partial charge is 0.0570 e. The molecule has 0 radical (unpaired) electrons. The van der Waals surface area contributed by atoms with E-state index < -0.39 is 0 Å². The van der Waals surface area contributed by atoms with E-state index in [4.69, 9.17) is 0 Å². The van der Waals surface area contributed by atoms with Gasteiger partial charge in [-0.2, -0.15) is 0 Å². The summed E-state index contributed by atoms with van der Waals surface area (Å²) in [6.07, 6.45) is 3.50. The lowest BCUT2D eigenvalue weighted by Gasteiger charge is -2.38. The highest BCUT2D eigenvalue weighted by Gasteiger charge is 2.29. The molecule has 0 aliphatic carbocycles. The first-order valence-electron chi connectivity index (χ1n) is 9.16. The van der Waals surface area contributed by atoms with Crippen LogP contribution in [0.5, 0.6) is 0 Å². The van der Waals surface area contributed by atoms with Gasteiger partial charge in [0.25, 0.3) is 0 Å². The Labute approximate surface area is 149 Å². The third-order valence-corrected chi connectivity index (χ3v) is 5.61. The van der Waals surface area contributed by atoms with E-state index in [1.807, 2.05) is 6.20 Å². The van der Waals surface area contributed by atoms with Crippen LogP contribution in [0.3, 0.4) is 0 Å². The van der Waals surface area contributed by atoms with E-state index in [9.17, 15) is 5.11 Å². The second-order valence-corrected chi connectivity index (χ2v) is 7.33. The molecule has 2 aromatic carbocycles.